The van der Waals surface area contributed by atoms with Gasteiger partial charge in [-0.25, -0.2) is 0 Å². The summed E-state index contributed by atoms with van der Waals surface area (Å²) in [5.41, 5.74) is -3.65. The molecule has 0 aliphatic carbocycles. The summed E-state index contributed by atoms with van der Waals surface area (Å²) >= 11 is 0. The lowest BCUT2D eigenvalue weighted by Crippen LogP contribution is -2.37. The summed E-state index contributed by atoms with van der Waals surface area (Å²) < 4.78 is 59.4. The molecular formula is C16H17F3N5O5P. The molecule has 1 aromatic carbocycles. The number of ether oxygens (including phenoxy) is 1. The third kappa shape index (κ3) is 3.47. The fraction of sp³-hybridized carbons (Fsp3) is 0.438. The lowest BCUT2D eigenvalue weighted by Gasteiger charge is -2.31. The summed E-state index contributed by atoms with van der Waals surface area (Å²) in [6, 6.07) is 2.04. The molecule has 1 fully saturated rings. The van der Waals surface area contributed by atoms with Gasteiger partial charge in [0.05, 0.1) is 35.5 Å². The van der Waals surface area contributed by atoms with Crippen molar-refractivity contribution in [3.8, 4) is 0 Å². The molecule has 3 heterocycles. The number of fused-ring (bicyclic) bond motifs is 3. The van der Waals surface area contributed by atoms with Crippen molar-refractivity contribution in [2.45, 2.75) is 18.8 Å². The van der Waals surface area contributed by atoms with Crippen molar-refractivity contribution in [1.82, 2.24) is 19.6 Å². The molecule has 10 nitrogen and oxygen atoms in total. The van der Waals surface area contributed by atoms with Crippen molar-refractivity contribution in [3.05, 3.63) is 33.9 Å². The maximum atomic E-state index is 13.8. The number of halogens is 3. The van der Waals surface area contributed by atoms with Gasteiger partial charge in [0.25, 0.3) is 5.56 Å². The summed E-state index contributed by atoms with van der Waals surface area (Å²) in [6.07, 6.45) is -4.69. The molecule has 1 aliphatic heterocycles. The monoisotopic (exact) mass is 447 g/mol. The van der Waals surface area contributed by atoms with Gasteiger partial charge in [0, 0.05) is 13.1 Å². The molecule has 30 heavy (non-hydrogen) atoms. The zero-order valence-electron chi connectivity index (χ0n) is 15.5. The molecule has 1 aliphatic rings. The van der Waals surface area contributed by atoms with E-state index in [-0.39, 0.29) is 54.5 Å². The van der Waals surface area contributed by atoms with E-state index in [2.05, 4.69) is 15.2 Å². The quantitative estimate of drug-likeness (QED) is 0.517. The Morgan fingerprint density at radius 3 is 2.50 bits per heavy atom. The minimum atomic E-state index is -4.69. The number of aromatic amines is 1. The lowest BCUT2D eigenvalue weighted by molar-refractivity contribution is -0.137. The van der Waals surface area contributed by atoms with Gasteiger partial charge in [0.1, 0.15) is 5.66 Å². The largest absolute Gasteiger partial charge is 0.418 e. The number of benzene rings is 1. The summed E-state index contributed by atoms with van der Waals surface area (Å²) in [4.78, 5) is 35.3. The Morgan fingerprint density at radius 1 is 1.23 bits per heavy atom. The number of H-pyrrole nitrogens is 1. The normalized spacial score (nSPS) is 17.1. The molecule has 3 N–H and O–H groups in total. The second-order valence-electron chi connectivity index (χ2n) is 6.92. The van der Waals surface area contributed by atoms with Crippen LogP contribution in [0.5, 0.6) is 0 Å². The molecule has 3 aromatic rings. The van der Waals surface area contributed by atoms with Crippen molar-refractivity contribution >= 4 is 30.0 Å². The van der Waals surface area contributed by atoms with E-state index < -0.39 is 30.6 Å². The fourth-order valence-corrected chi connectivity index (χ4v) is 3.90. The molecule has 2 aromatic heterocycles. The number of rotatable bonds is 3. The molecule has 162 valence electrons. The first-order valence-electron chi connectivity index (χ1n) is 8.88. The van der Waals surface area contributed by atoms with Crippen LogP contribution in [0.4, 0.5) is 18.9 Å². The van der Waals surface area contributed by atoms with Crippen molar-refractivity contribution in [1.29, 1.82) is 0 Å². The standard InChI is InChI=1S/C16H17F3N5O5P/c1-8(30(26,27)28)13-21-22-14-15(25)20-10-6-9(16(17,18)19)11(7-12(10)24(13)14)23-2-4-29-5-3-23/h6-8H,2-5H2,1H3,(H,20,25)(H2,26,27,28). The van der Waals surface area contributed by atoms with Crippen LogP contribution in [0.25, 0.3) is 16.7 Å². The van der Waals surface area contributed by atoms with Crippen LogP contribution in [0.15, 0.2) is 16.9 Å². The van der Waals surface area contributed by atoms with Gasteiger partial charge in [0.15, 0.2) is 5.82 Å². The number of nitrogens with one attached hydrogen (secondary N) is 1. The molecular weight excluding hydrogens is 430 g/mol. The first-order chi connectivity index (χ1) is 14.0. The summed E-state index contributed by atoms with van der Waals surface area (Å²) in [7, 11) is -4.66. The third-order valence-electron chi connectivity index (χ3n) is 5.03. The fourth-order valence-electron chi connectivity index (χ4n) is 3.44. The van der Waals surface area contributed by atoms with Gasteiger partial charge in [-0.15, -0.1) is 10.2 Å². The number of alkyl halides is 3. The van der Waals surface area contributed by atoms with Gasteiger partial charge in [-0.05, 0) is 19.1 Å². The van der Waals surface area contributed by atoms with Crippen LogP contribution in [0.1, 0.15) is 24.0 Å². The number of hydrogen-bond donors (Lipinski definition) is 3. The Bertz CT molecular complexity index is 1230. The number of nitrogens with zero attached hydrogens (tertiary/aromatic N) is 4. The van der Waals surface area contributed by atoms with Gasteiger partial charge in [0.2, 0.25) is 5.65 Å². The Balaban J connectivity index is 2.07. The predicted octanol–water partition coefficient (Wildman–Crippen LogP) is 1.66. The van der Waals surface area contributed by atoms with Crippen molar-refractivity contribution in [2.75, 3.05) is 31.2 Å². The molecule has 0 spiro atoms. The Labute approximate surface area is 166 Å². The average molecular weight is 447 g/mol. The molecule has 1 unspecified atom stereocenters. The summed E-state index contributed by atoms with van der Waals surface area (Å²) in [6.45, 7) is 2.17. The Kier molecular flexibility index (Phi) is 4.88. The number of morpholine rings is 1. The maximum Gasteiger partial charge on any atom is 0.418 e. The molecule has 0 saturated carbocycles. The van der Waals surface area contributed by atoms with E-state index in [0.717, 1.165) is 10.5 Å². The van der Waals surface area contributed by atoms with E-state index in [1.165, 1.54) is 17.9 Å². The summed E-state index contributed by atoms with van der Waals surface area (Å²) in [5, 5.41) is 7.42. The van der Waals surface area contributed by atoms with Gasteiger partial charge < -0.3 is 24.4 Å². The molecule has 14 heteroatoms. The maximum absolute atomic E-state index is 13.8. The van der Waals surface area contributed by atoms with Gasteiger partial charge in [-0.1, -0.05) is 0 Å². The highest BCUT2D eigenvalue weighted by molar-refractivity contribution is 7.52. The van der Waals surface area contributed by atoms with Crippen LogP contribution < -0.4 is 10.5 Å². The smallest absolute Gasteiger partial charge is 0.378 e. The number of anilines is 1. The zero-order chi connectivity index (χ0) is 21.8. The second kappa shape index (κ2) is 7.05. The van der Waals surface area contributed by atoms with E-state index >= 15 is 0 Å². The minimum absolute atomic E-state index is 0.0967. The second-order valence-corrected chi connectivity index (χ2v) is 8.87. The first kappa shape index (κ1) is 20.8. The minimum Gasteiger partial charge on any atom is -0.378 e. The Morgan fingerprint density at radius 2 is 1.90 bits per heavy atom. The van der Waals surface area contributed by atoms with E-state index in [1.54, 1.807) is 0 Å². The molecule has 1 saturated heterocycles. The summed E-state index contributed by atoms with van der Waals surface area (Å²) in [5.74, 6) is -0.220. The highest BCUT2D eigenvalue weighted by atomic mass is 31.2. The topological polar surface area (TPSA) is 133 Å². The van der Waals surface area contributed by atoms with Crippen molar-refractivity contribution < 1.29 is 32.3 Å². The molecule has 0 radical (unpaired) electrons. The van der Waals surface area contributed by atoms with Crippen LogP contribution in [-0.2, 0) is 15.5 Å². The van der Waals surface area contributed by atoms with Gasteiger partial charge in [-0.3, -0.25) is 13.8 Å². The van der Waals surface area contributed by atoms with E-state index in [1.807, 2.05) is 0 Å². The highest BCUT2D eigenvalue weighted by Gasteiger charge is 2.37. The number of aromatic nitrogens is 4. The van der Waals surface area contributed by atoms with Crippen LogP contribution in [0.3, 0.4) is 0 Å². The van der Waals surface area contributed by atoms with E-state index in [9.17, 15) is 32.3 Å². The van der Waals surface area contributed by atoms with Crippen LogP contribution in [0.2, 0.25) is 0 Å². The molecule has 0 amide bonds. The van der Waals surface area contributed by atoms with Crippen LogP contribution >= 0.6 is 7.60 Å². The zero-order valence-corrected chi connectivity index (χ0v) is 16.4. The van der Waals surface area contributed by atoms with Crippen molar-refractivity contribution in [3.63, 3.8) is 0 Å². The molecule has 4 rings (SSSR count). The van der Waals surface area contributed by atoms with E-state index in [4.69, 9.17) is 4.74 Å². The van der Waals surface area contributed by atoms with Crippen molar-refractivity contribution in [2.24, 2.45) is 0 Å². The van der Waals surface area contributed by atoms with Crippen LogP contribution in [0, 0.1) is 0 Å². The van der Waals surface area contributed by atoms with E-state index in [0.29, 0.717) is 0 Å². The SMILES string of the molecule is CC(c1nnc2c(=O)[nH]c3cc(C(F)(F)F)c(N4CCOCC4)cc3n12)P(=O)(O)O. The highest BCUT2D eigenvalue weighted by Crippen LogP contribution is 2.51. The number of hydrogen-bond acceptors (Lipinski definition) is 6. The molecule has 1 atom stereocenters. The lowest BCUT2D eigenvalue weighted by atomic mass is 10.1. The van der Waals surface area contributed by atoms with Gasteiger partial charge >= 0.3 is 13.8 Å². The van der Waals surface area contributed by atoms with Gasteiger partial charge in [-0.2, -0.15) is 13.2 Å². The first-order valence-corrected chi connectivity index (χ1v) is 10.6. The third-order valence-corrected chi connectivity index (χ3v) is 6.27. The molecule has 0 bridgehead atoms. The van der Waals surface area contributed by atoms with Crippen LogP contribution in [-0.4, -0.2) is 55.7 Å². The average Bonchev–Trinajstić information content (AvgIpc) is 3.11. The predicted molar refractivity (Wildman–Crippen MR) is 99.6 cm³/mol. The Hall–Kier alpha value is -2.47.